The molecule has 50 heavy (non-hydrogen) atoms. The first-order valence-electron chi connectivity index (χ1n) is 17.0. The largest absolute Gasteiger partial charge is 0.463 e. The molecule has 3 aromatic rings. The van der Waals surface area contributed by atoms with E-state index in [2.05, 4.69) is 10.0 Å². The Kier molecular flexibility index (Phi) is 12.9. The predicted octanol–water partition coefficient (Wildman–Crippen LogP) is 6.94. The summed E-state index contributed by atoms with van der Waals surface area (Å²) in [6.07, 6.45) is -5.79. The molecule has 2 aliphatic heterocycles. The van der Waals surface area contributed by atoms with Crippen LogP contribution in [0.25, 0.3) is 10.4 Å². The van der Waals surface area contributed by atoms with Crippen molar-refractivity contribution in [3.05, 3.63) is 112 Å². The van der Waals surface area contributed by atoms with Crippen LogP contribution >= 0.6 is 0 Å². The molecule has 0 spiro atoms. The van der Waals surface area contributed by atoms with E-state index >= 15 is 0 Å². The van der Waals surface area contributed by atoms with Crippen LogP contribution in [0, 0.1) is 18.8 Å². The van der Waals surface area contributed by atoms with Gasteiger partial charge in [-0.3, -0.25) is 4.79 Å². The van der Waals surface area contributed by atoms with Crippen LogP contribution in [0.2, 0.25) is 0 Å². The molecule has 12 nitrogen and oxygen atoms in total. The Hall–Kier alpha value is -4.45. The van der Waals surface area contributed by atoms with E-state index in [0.717, 1.165) is 11.1 Å². The van der Waals surface area contributed by atoms with Crippen LogP contribution in [0.1, 0.15) is 55.6 Å². The monoisotopic (exact) mass is 687 g/mol. The lowest BCUT2D eigenvalue weighted by Gasteiger charge is -2.49. The van der Waals surface area contributed by atoms with Crippen LogP contribution in [-0.4, -0.2) is 67.7 Å². The van der Waals surface area contributed by atoms with Crippen LogP contribution in [0.15, 0.2) is 90.0 Å². The zero-order valence-electron chi connectivity index (χ0n) is 29.0. The Morgan fingerprint density at radius 3 is 2.14 bits per heavy atom. The molecule has 2 saturated heterocycles. The summed E-state index contributed by atoms with van der Waals surface area (Å²) in [5, 5.41) is 4.08. The predicted molar refractivity (Wildman–Crippen MR) is 183 cm³/mol. The highest BCUT2D eigenvalue weighted by Gasteiger charge is 2.53. The number of nitrogens with zero attached hydrogens (tertiary/aromatic N) is 3. The highest BCUT2D eigenvalue weighted by Crippen LogP contribution is 2.38. The molecule has 10 atom stereocenters. The third-order valence-electron chi connectivity index (χ3n) is 9.27. The molecule has 266 valence electrons. The average Bonchev–Trinajstić information content (AvgIpc) is 3.12. The quantitative estimate of drug-likeness (QED) is 0.0806. The normalized spacial score (nSPS) is 29.3. The van der Waals surface area contributed by atoms with Gasteiger partial charge in [-0.15, -0.1) is 0 Å². The summed E-state index contributed by atoms with van der Waals surface area (Å²) in [6, 6.07) is 25.0. The molecular weight excluding hydrogens is 642 g/mol. The number of ether oxygens (including phenoxy) is 7. The Labute approximate surface area is 292 Å². The van der Waals surface area contributed by atoms with E-state index in [-0.39, 0.29) is 25.0 Å². The molecule has 12 heteroatoms. The molecule has 2 fully saturated rings. The summed E-state index contributed by atoms with van der Waals surface area (Å²) in [5.74, 6) is -0.850. The molecule has 2 heterocycles. The summed E-state index contributed by atoms with van der Waals surface area (Å²) in [5.41, 5.74) is 11.8. The first kappa shape index (κ1) is 36.8. The molecule has 0 aliphatic carbocycles. The minimum Gasteiger partial charge on any atom is -0.463 e. The minimum atomic E-state index is -1.12. The molecular formula is C38H45N3O9. The lowest BCUT2D eigenvalue weighted by molar-refractivity contribution is -0.332. The van der Waals surface area contributed by atoms with E-state index in [9.17, 15) is 15.1 Å². The van der Waals surface area contributed by atoms with E-state index in [0.29, 0.717) is 17.7 Å². The smallest absolute Gasteiger partial charge is 0.338 e. The number of azide groups is 1. The van der Waals surface area contributed by atoms with Gasteiger partial charge < -0.3 is 33.2 Å². The summed E-state index contributed by atoms with van der Waals surface area (Å²) in [6.45, 7) is 9.30. The first-order chi connectivity index (χ1) is 24.2. The summed E-state index contributed by atoms with van der Waals surface area (Å²) >= 11 is 0. The zero-order valence-corrected chi connectivity index (χ0v) is 29.0. The van der Waals surface area contributed by atoms with Crippen LogP contribution < -0.4 is 4.74 Å². The van der Waals surface area contributed by atoms with E-state index in [1.165, 1.54) is 6.92 Å². The van der Waals surface area contributed by atoms with Crippen molar-refractivity contribution in [3.63, 3.8) is 0 Å². The second kappa shape index (κ2) is 17.5. The second-order valence-corrected chi connectivity index (χ2v) is 12.7. The fourth-order valence-electron chi connectivity index (χ4n) is 6.22. The number of benzene rings is 3. The van der Waals surface area contributed by atoms with Gasteiger partial charge in [0.15, 0.2) is 12.4 Å². The zero-order chi connectivity index (χ0) is 35.6. The lowest BCUT2D eigenvalue weighted by Crippen LogP contribution is -2.64. The third-order valence-corrected chi connectivity index (χ3v) is 9.27. The SMILES string of the molecule is CCC1O[C@@H](Oc2ccc(C)cc2)C(OC(=O)c2ccccc2)[C@H](OCc2ccccc2)[C@@H]1O[C@H]1OC(COC(C)=O)[C@@H](C)[C@H](C)C1N=[N+]=[N-]. The molecule has 0 N–H and O–H groups in total. The van der Waals surface area contributed by atoms with Crippen molar-refractivity contribution < 1.29 is 42.7 Å². The fraction of sp³-hybridized carbons (Fsp3) is 0.474. The molecule has 5 rings (SSSR count). The molecule has 4 unspecified atom stereocenters. The number of aryl methyl sites for hydroxylation is 1. The van der Waals surface area contributed by atoms with Gasteiger partial charge in [-0.2, -0.15) is 0 Å². The molecule has 0 bridgehead atoms. The van der Waals surface area contributed by atoms with Gasteiger partial charge >= 0.3 is 11.9 Å². The highest BCUT2D eigenvalue weighted by atomic mass is 16.7. The maximum absolute atomic E-state index is 13.7. The third kappa shape index (κ3) is 9.21. The van der Waals surface area contributed by atoms with Crippen LogP contribution in [0.5, 0.6) is 5.75 Å². The maximum atomic E-state index is 13.7. The lowest BCUT2D eigenvalue weighted by atomic mass is 9.82. The van der Waals surface area contributed by atoms with Crippen LogP contribution in [0.4, 0.5) is 0 Å². The Bertz CT molecular complexity index is 1590. The van der Waals surface area contributed by atoms with Gasteiger partial charge in [0.1, 0.15) is 24.6 Å². The van der Waals surface area contributed by atoms with Crippen molar-refractivity contribution in [1.82, 2.24) is 0 Å². The summed E-state index contributed by atoms with van der Waals surface area (Å²) in [4.78, 5) is 28.5. The van der Waals surface area contributed by atoms with E-state index in [4.69, 9.17) is 33.2 Å². The van der Waals surface area contributed by atoms with Crippen molar-refractivity contribution in [2.45, 2.75) is 96.8 Å². The van der Waals surface area contributed by atoms with Gasteiger partial charge in [0.05, 0.1) is 30.4 Å². The highest BCUT2D eigenvalue weighted by molar-refractivity contribution is 5.89. The van der Waals surface area contributed by atoms with Gasteiger partial charge in [-0.05, 0) is 60.5 Å². The van der Waals surface area contributed by atoms with Crippen molar-refractivity contribution in [2.24, 2.45) is 17.0 Å². The minimum absolute atomic E-state index is 0.000224. The van der Waals surface area contributed by atoms with Crippen molar-refractivity contribution in [3.8, 4) is 5.75 Å². The van der Waals surface area contributed by atoms with Crippen LogP contribution in [-0.2, 0) is 39.8 Å². The molecule has 0 aromatic heterocycles. The first-order valence-corrected chi connectivity index (χ1v) is 17.0. The number of carbonyl (C=O) groups is 2. The molecule has 3 aromatic carbocycles. The number of rotatable bonds is 13. The van der Waals surface area contributed by atoms with E-state index < -0.39 is 61.1 Å². The average molecular weight is 688 g/mol. The number of hydrogen-bond acceptors (Lipinski definition) is 10. The topological polar surface area (TPSA) is 148 Å². The molecule has 0 radical (unpaired) electrons. The van der Waals surface area contributed by atoms with Gasteiger partial charge in [0.25, 0.3) is 0 Å². The van der Waals surface area contributed by atoms with Gasteiger partial charge in [0, 0.05) is 11.8 Å². The van der Waals surface area contributed by atoms with Crippen molar-refractivity contribution in [2.75, 3.05) is 6.61 Å². The van der Waals surface area contributed by atoms with E-state index in [1.807, 2.05) is 88.4 Å². The Morgan fingerprint density at radius 1 is 0.840 bits per heavy atom. The van der Waals surface area contributed by atoms with Crippen molar-refractivity contribution in [1.29, 1.82) is 0 Å². The second-order valence-electron chi connectivity index (χ2n) is 12.7. The fourth-order valence-corrected chi connectivity index (χ4v) is 6.22. The summed E-state index contributed by atoms with van der Waals surface area (Å²) < 4.78 is 44.3. The summed E-state index contributed by atoms with van der Waals surface area (Å²) in [7, 11) is 0. The standard InChI is InChI=1S/C38H45N3O9/c1-6-30-33(50-37-32(40-41-39)25(4)24(3)31(48-37)22-44-26(5)42)34(45-21-27-13-9-7-10-14-27)35(49-36(43)28-15-11-8-12-16-28)38(47-30)46-29-19-17-23(2)18-20-29/h7-20,24-25,30-35,37-38H,6,21-22H2,1-5H3/t24-,25-,30?,31?,32?,33+,34+,35?,37+,38+/m0/s1. The number of carbonyl (C=O) groups excluding carboxylic acids is 2. The van der Waals surface area contributed by atoms with Gasteiger partial charge in [-0.25, -0.2) is 4.79 Å². The Balaban J connectivity index is 1.53. The molecule has 2 aliphatic rings. The van der Waals surface area contributed by atoms with E-state index in [1.54, 1.807) is 24.3 Å². The van der Waals surface area contributed by atoms with Gasteiger partial charge in [0.2, 0.25) is 6.29 Å². The maximum Gasteiger partial charge on any atom is 0.338 e. The number of hydrogen-bond donors (Lipinski definition) is 0. The van der Waals surface area contributed by atoms with Crippen LogP contribution in [0.3, 0.4) is 0 Å². The van der Waals surface area contributed by atoms with Gasteiger partial charge in [-0.1, -0.05) is 92.1 Å². The number of esters is 2. The molecule has 0 amide bonds. The Morgan fingerprint density at radius 2 is 1.50 bits per heavy atom. The molecule has 0 saturated carbocycles. The van der Waals surface area contributed by atoms with Crippen molar-refractivity contribution >= 4 is 11.9 Å².